The van der Waals surface area contributed by atoms with Gasteiger partial charge in [-0.15, -0.1) is 0 Å². The Balaban J connectivity index is 2.80. The third kappa shape index (κ3) is 4.34. The Morgan fingerprint density at radius 1 is 1.11 bits per heavy atom. The van der Waals surface area contributed by atoms with Crippen LogP contribution in [0, 0.1) is 5.92 Å². The van der Waals surface area contributed by atoms with E-state index >= 15 is 0 Å². The van der Waals surface area contributed by atoms with Crippen LogP contribution in [0.25, 0.3) is 0 Å². The number of nitrogens with zero attached hydrogens (tertiary/aromatic N) is 1. The summed E-state index contributed by atoms with van der Waals surface area (Å²) in [6.45, 7) is 10.9. The van der Waals surface area contributed by atoms with Crippen LogP contribution in [-0.4, -0.2) is 22.6 Å². The molecule has 0 spiro atoms. The van der Waals surface area contributed by atoms with Crippen molar-refractivity contribution < 1.29 is 5.11 Å². The minimum Gasteiger partial charge on any atom is -0.508 e. The second-order valence-corrected chi connectivity index (χ2v) is 5.42. The normalized spacial score (nSPS) is 11.7. The summed E-state index contributed by atoms with van der Waals surface area (Å²) in [6.07, 6.45) is 2.33. The van der Waals surface area contributed by atoms with E-state index in [-0.39, 0.29) is 0 Å². The Hall–Kier alpha value is -1.02. The van der Waals surface area contributed by atoms with Gasteiger partial charge in [-0.05, 0) is 24.8 Å². The number of phenolic OH excluding ortho intramolecular Hbond substituents is 1. The molecule has 2 heteroatoms. The van der Waals surface area contributed by atoms with E-state index in [4.69, 9.17) is 0 Å². The predicted octanol–water partition coefficient (Wildman–Crippen LogP) is 4.04. The van der Waals surface area contributed by atoms with Gasteiger partial charge >= 0.3 is 0 Å². The minimum atomic E-state index is 0.414. The Labute approximate surface area is 112 Å². The summed E-state index contributed by atoms with van der Waals surface area (Å²) in [5, 5.41) is 9.89. The lowest BCUT2D eigenvalue weighted by molar-refractivity contribution is 0.156. The molecule has 0 saturated carbocycles. The van der Waals surface area contributed by atoms with Crippen LogP contribution in [0.1, 0.15) is 46.1 Å². The maximum Gasteiger partial charge on any atom is 0.120 e. The number of benzene rings is 1. The summed E-state index contributed by atoms with van der Waals surface area (Å²) in [4.78, 5) is 2.50. The lowest BCUT2D eigenvalue weighted by Crippen LogP contribution is -2.36. The second-order valence-electron chi connectivity index (χ2n) is 5.42. The summed E-state index contributed by atoms with van der Waals surface area (Å²) in [7, 11) is 0. The highest BCUT2D eigenvalue weighted by molar-refractivity contribution is 5.31. The fraction of sp³-hybridized carbons (Fsp3) is 0.625. The number of hydrogen-bond acceptors (Lipinski definition) is 2. The van der Waals surface area contributed by atoms with E-state index in [9.17, 15) is 5.11 Å². The second kappa shape index (κ2) is 7.42. The summed E-state index contributed by atoms with van der Waals surface area (Å²) >= 11 is 0. The Bertz CT molecular complexity index is 345. The number of phenols is 1. The van der Waals surface area contributed by atoms with E-state index in [2.05, 4.69) is 32.6 Å². The van der Waals surface area contributed by atoms with E-state index in [1.54, 1.807) is 6.07 Å². The third-order valence-electron chi connectivity index (χ3n) is 3.42. The molecule has 0 aromatic heterocycles. The van der Waals surface area contributed by atoms with E-state index < -0.39 is 0 Å². The van der Waals surface area contributed by atoms with Crippen molar-refractivity contribution in [3.05, 3.63) is 29.8 Å². The molecule has 0 heterocycles. The fourth-order valence-corrected chi connectivity index (χ4v) is 2.48. The first-order chi connectivity index (χ1) is 8.58. The minimum absolute atomic E-state index is 0.414. The highest BCUT2D eigenvalue weighted by Gasteiger charge is 2.17. The number of rotatable bonds is 7. The molecule has 0 aliphatic carbocycles. The molecular weight excluding hydrogens is 222 g/mol. The van der Waals surface area contributed by atoms with Gasteiger partial charge in [0.25, 0.3) is 0 Å². The monoisotopic (exact) mass is 249 g/mol. The molecule has 1 aromatic carbocycles. The van der Waals surface area contributed by atoms with Gasteiger partial charge < -0.3 is 5.11 Å². The smallest absolute Gasteiger partial charge is 0.120 e. The first kappa shape index (κ1) is 15.0. The molecular formula is C16H27NO. The van der Waals surface area contributed by atoms with Crippen LogP contribution >= 0.6 is 0 Å². The molecule has 2 nitrogen and oxygen atoms in total. The van der Waals surface area contributed by atoms with Gasteiger partial charge in [0.15, 0.2) is 0 Å². The van der Waals surface area contributed by atoms with Crippen LogP contribution < -0.4 is 0 Å². The van der Waals surface area contributed by atoms with Crippen molar-refractivity contribution in [2.24, 2.45) is 5.92 Å². The fourth-order valence-electron chi connectivity index (χ4n) is 2.48. The largest absolute Gasteiger partial charge is 0.508 e. The molecule has 0 bridgehead atoms. The average molecular weight is 249 g/mol. The van der Waals surface area contributed by atoms with Crippen molar-refractivity contribution in [2.45, 2.75) is 53.1 Å². The topological polar surface area (TPSA) is 23.5 Å². The van der Waals surface area contributed by atoms with Crippen LogP contribution in [0.15, 0.2) is 24.3 Å². The lowest BCUT2D eigenvalue weighted by atomic mass is 10.1. The molecule has 0 atom stereocenters. The van der Waals surface area contributed by atoms with Gasteiger partial charge in [0, 0.05) is 24.7 Å². The van der Waals surface area contributed by atoms with Crippen molar-refractivity contribution in [1.82, 2.24) is 4.90 Å². The van der Waals surface area contributed by atoms with Gasteiger partial charge in [-0.25, -0.2) is 0 Å². The van der Waals surface area contributed by atoms with Crippen LogP contribution in [-0.2, 0) is 6.54 Å². The molecule has 0 radical (unpaired) electrons. The molecule has 0 amide bonds. The molecule has 1 rings (SSSR count). The Kier molecular flexibility index (Phi) is 6.20. The Morgan fingerprint density at radius 3 is 2.22 bits per heavy atom. The quantitative estimate of drug-likeness (QED) is 0.788. The van der Waals surface area contributed by atoms with E-state index in [0.29, 0.717) is 17.7 Å². The lowest BCUT2D eigenvalue weighted by Gasteiger charge is -2.32. The molecule has 0 fully saturated rings. The van der Waals surface area contributed by atoms with Crippen LogP contribution in [0.5, 0.6) is 5.75 Å². The molecule has 102 valence electrons. The van der Waals surface area contributed by atoms with Gasteiger partial charge in [0.2, 0.25) is 0 Å². The van der Waals surface area contributed by atoms with Crippen molar-refractivity contribution in [3.63, 3.8) is 0 Å². The molecule has 0 unspecified atom stereocenters. The highest BCUT2D eigenvalue weighted by atomic mass is 16.3. The first-order valence-corrected chi connectivity index (χ1v) is 7.09. The van der Waals surface area contributed by atoms with Crippen LogP contribution in [0.3, 0.4) is 0 Å². The molecule has 18 heavy (non-hydrogen) atoms. The van der Waals surface area contributed by atoms with Gasteiger partial charge in [0.05, 0.1) is 0 Å². The van der Waals surface area contributed by atoms with Crippen molar-refractivity contribution in [2.75, 3.05) is 6.54 Å². The molecule has 1 N–H and O–H groups in total. The Morgan fingerprint density at radius 2 is 1.72 bits per heavy atom. The van der Waals surface area contributed by atoms with E-state index in [0.717, 1.165) is 31.5 Å². The van der Waals surface area contributed by atoms with E-state index in [1.807, 2.05) is 18.2 Å². The van der Waals surface area contributed by atoms with Crippen LogP contribution in [0.2, 0.25) is 0 Å². The maximum absolute atomic E-state index is 9.89. The van der Waals surface area contributed by atoms with Gasteiger partial charge in [-0.2, -0.15) is 0 Å². The molecule has 0 aliphatic rings. The van der Waals surface area contributed by atoms with Crippen LogP contribution in [0.4, 0.5) is 0 Å². The number of aromatic hydroxyl groups is 1. The summed E-state index contributed by atoms with van der Waals surface area (Å²) < 4.78 is 0. The van der Waals surface area contributed by atoms with Gasteiger partial charge in [0.1, 0.15) is 5.75 Å². The molecule has 0 saturated heterocycles. The summed E-state index contributed by atoms with van der Waals surface area (Å²) in [6, 6.07) is 8.27. The predicted molar refractivity (Wildman–Crippen MR) is 77.7 cm³/mol. The third-order valence-corrected chi connectivity index (χ3v) is 3.42. The molecule has 0 aliphatic heterocycles. The van der Waals surface area contributed by atoms with E-state index in [1.165, 1.54) is 0 Å². The zero-order valence-electron chi connectivity index (χ0n) is 12.2. The SMILES string of the molecule is CCC(CC)N(Cc1ccccc1O)CC(C)C. The molecule has 1 aromatic rings. The first-order valence-electron chi connectivity index (χ1n) is 7.09. The zero-order valence-corrected chi connectivity index (χ0v) is 12.2. The van der Waals surface area contributed by atoms with Gasteiger partial charge in [-0.1, -0.05) is 45.9 Å². The highest BCUT2D eigenvalue weighted by Crippen LogP contribution is 2.21. The van der Waals surface area contributed by atoms with Gasteiger partial charge in [-0.3, -0.25) is 4.90 Å². The van der Waals surface area contributed by atoms with Crippen molar-refractivity contribution >= 4 is 0 Å². The number of para-hydroxylation sites is 1. The number of hydrogen-bond donors (Lipinski definition) is 1. The van der Waals surface area contributed by atoms with Crippen molar-refractivity contribution in [1.29, 1.82) is 0 Å². The average Bonchev–Trinajstić information content (AvgIpc) is 2.32. The van der Waals surface area contributed by atoms with Crippen molar-refractivity contribution in [3.8, 4) is 5.75 Å². The summed E-state index contributed by atoms with van der Waals surface area (Å²) in [5.41, 5.74) is 1.03. The standard InChI is InChI=1S/C16H27NO/c1-5-15(6-2)17(11-13(3)4)12-14-9-7-8-10-16(14)18/h7-10,13,15,18H,5-6,11-12H2,1-4H3. The zero-order chi connectivity index (χ0) is 13.5. The summed E-state index contributed by atoms with van der Waals surface area (Å²) in [5.74, 6) is 1.06. The maximum atomic E-state index is 9.89.